The summed E-state index contributed by atoms with van der Waals surface area (Å²) in [4.78, 5) is 11.5. The average molecular weight is 192 g/mol. The Hall–Kier alpha value is -0.760. The minimum atomic E-state index is 0.293. The number of fused-ring (bicyclic) bond motifs is 1. The molecule has 1 heterocycles. The first kappa shape index (κ1) is 8.82. The predicted molar refractivity (Wildman–Crippen MR) is 56.3 cm³/mol. The van der Waals surface area contributed by atoms with Crippen molar-refractivity contribution in [1.82, 2.24) is 0 Å². The molecule has 0 N–H and O–H groups in total. The number of thioether (sulfide) groups is 1. The molecule has 2 rings (SSSR count). The Morgan fingerprint density at radius 2 is 2.23 bits per heavy atom. The van der Waals surface area contributed by atoms with Crippen molar-refractivity contribution >= 4 is 17.5 Å². The highest BCUT2D eigenvalue weighted by Crippen LogP contribution is 2.25. The second-order valence-corrected chi connectivity index (χ2v) is 4.25. The van der Waals surface area contributed by atoms with Gasteiger partial charge in [-0.1, -0.05) is 19.1 Å². The number of carbonyl (C=O) groups excluding carboxylic acids is 1. The van der Waals surface area contributed by atoms with Gasteiger partial charge in [-0.05, 0) is 23.6 Å². The highest BCUT2D eigenvalue weighted by atomic mass is 32.2. The lowest BCUT2D eigenvalue weighted by molar-refractivity contribution is 0.102. The summed E-state index contributed by atoms with van der Waals surface area (Å²) < 4.78 is 0. The molecule has 0 saturated carbocycles. The zero-order valence-corrected chi connectivity index (χ0v) is 8.49. The van der Waals surface area contributed by atoms with Crippen LogP contribution in [0.1, 0.15) is 28.4 Å². The zero-order valence-electron chi connectivity index (χ0n) is 7.67. The second-order valence-electron chi connectivity index (χ2n) is 3.26. The smallest absolute Gasteiger partial charge is 0.173 e. The Morgan fingerprint density at radius 3 is 3.00 bits per heavy atom. The van der Waals surface area contributed by atoms with Crippen molar-refractivity contribution in [3.8, 4) is 0 Å². The molecule has 0 saturated heterocycles. The van der Waals surface area contributed by atoms with Crippen LogP contribution in [-0.4, -0.2) is 11.5 Å². The molecule has 1 aromatic carbocycles. The van der Waals surface area contributed by atoms with E-state index in [9.17, 15) is 4.79 Å². The fourth-order valence-electron chi connectivity index (χ4n) is 1.56. The summed E-state index contributed by atoms with van der Waals surface area (Å²) in [6.07, 6.45) is 1.01. The number of Topliss-reactive ketones (excluding diaryl/α,β-unsaturated/α-hetero) is 1. The Kier molecular flexibility index (Phi) is 2.40. The van der Waals surface area contributed by atoms with E-state index in [1.165, 1.54) is 11.1 Å². The highest BCUT2D eigenvalue weighted by Gasteiger charge is 2.16. The van der Waals surface area contributed by atoms with Crippen molar-refractivity contribution in [3.63, 3.8) is 0 Å². The lowest BCUT2D eigenvalue weighted by atomic mass is 10.0. The van der Waals surface area contributed by atoms with E-state index in [4.69, 9.17) is 0 Å². The van der Waals surface area contributed by atoms with E-state index in [0.717, 1.165) is 17.7 Å². The van der Waals surface area contributed by atoms with Crippen molar-refractivity contribution in [2.75, 3.05) is 5.75 Å². The number of benzene rings is 1. The van der Waals surface area contributed by atoms with Crippen molar-refractivity contribution in [1.29, 1.82) is 0 Å². The lowest BCUT2D eigenvalue weighted by Gasteiger charge is -2.14. The van der Waals surface area contributed by atoms with E-state index in [1.54, 1.807) is 11.8 Å². The van der Waals surface area contributed by atoms with Crippen LogP contribution in [0.3, 0.4) is 0 Å². The quantitative estimate of drug-likeness (QED) is 0.680. The van der Waals surface area contributed by atoms with Gasteiger partial charge in [-0.25, -0.2) is 0 Å². The third-order valence-corrected chi connectivity index (χ3v) is 3.36. The summed E-state index contributed by atoms with van der Waals surface area (Å²) in [5.41, 5.74) is 3.43. The summed E-state index contributed by atoms with van der Waals surface area (Å²) in [6, 6.07) is 6.27. The molecule has 0 spiro atoms. The number of aryl methyl sites for hydroxylation is 1. The summed E-state index contributed by atoms with van der Waals surface area (Å²) in [5.74, 6) is 1.94. The van der Waals surface area contributed by atoms with Crippen LogP contribution in [0.4, 0.5) is 0 Å². The van der Waals surface area contributed by atoms with Crippen molar-refractivity contribution in [2.24, 2.45) is 0 Å². The maximum absolute atomic E-state index is 11.5. The fourth-order valence-corrected chi connectivity index (χ4v) is 2.48. The SMILES string of the molecule is CCc1ccc2c(c1)C(=O)CSC2. The first-order valence-electron chi connectivity index (χ1n) is 4.54. The first-order valence-corrected chi connectivity index (χ1v) is 5.69. The van der Waals surface area contributed by atoms with Gasteiger partial charge in [0.15, 0.2) is 5.78 Å². The van der Waals surface area contributed by atoms with Crippen molar-refractivity contribution < 1.29 is 4.79 Å². The maximum atomic E-state index is 11.5. The van der Waals surface area contributed by atoms with E-state index in [2.05, 4.69) is 25.1 Å². The molecule has 0 aromatic heterocycles. The van der Waals surface area contributed by atoms with E-state index in [0.29, 0.717) is 11.5 Å². The molecule has 0 radical (unpaired) electrons. The Bertz CT molecular complexity index is 344. The van der Waals surface area contributed by atoms with Crippen LogP contribution in [-0.2, 0) is 12.2 Å². The molecule has 1 aromatic rings. The van der Waals surface area contributed by atoms with Crippen molar-refractivity contribution in [3.05, 3.63) is 34.9 Å². The summed E-state index contributed by atoms with van der Waals surface area (Å²) in [5, 5.41) is 0. The molecule has 1 aliphatic rings. The molecule has 1 aliphatic heterocycles. The van der Waals surface area contributed by atoms with Gasteiger partial charge in [0.2, 0.25) is 0 Å². The van der Waals surface area contributed by atoms with Crippen LogP contribution in [0.2, 0.25) is 0 Å². The van der Waals surface area contributed by atoms with E-state index < -0.39 is 0 Å². The van der Waals surface area contributed by atoms with E-state index in [1.807, 2.05) is 0 Å². The van der Waals surface area contributed by atoms with Gasteiger partial charge in [0.05, 0.1) is 5.75 Å². The van der Waals surface area contributed by atoms with Crippen molar-refractivity contribution in [2.45, 2.75) is 19.1 Å². The standard InChI is InChI=1S/C11H12OS/c1-2-8-3-4-9-6-13-7-11(12)10(9)5-8/h3-5H,2,6-7H2,1H3. The monoisotopic (exact) mass is 192 g/mol. The van der Waals surface area contributed by atoms with Crippen LogP contribution >= 0.6 is 11.8 Å². The van der Waals surface area contributed by atoms with Crippen LogP contribution in [0.5, 0.6) is 0 Å². The summed E-state index contributed by atoms with van der Waals surface area (Å²) in [7, 11) is 0. The minimum Gasteiger partial charge on any atom is -0.293 e. The van der Waals surface area contributed by atoms with E-state index in [-0.39, 0.29) is 0 Å². The van der Waals surface area contributed by atoms with Crippen LogP contribution in [0.25, 0.3) is 0 Å². The number of carbonyl (C=O) groups is 1. The molecule has 0 unspecified atom stereocenters. The van der Waals surface area contributed by atoms with Gasteiger partial charge >= 0.3 is 0 Å². The molecule has 68 valence electrons. The van der Waals surface area contributed by atoms with Gasteiger partial charge < -0.3 is 0 Å². The summed E-state index contributed by atoms with van der Waals surface area (Å²) in [6.45, 7) is 2.11. The lowest BCUT2D eigenvalue weighted by Crippen LogP contribution is -2.11. The largest absolute Gasteiger partial charge is 0.293 e. The Balaban J connectivity index is 2.47. The first-order chi connectivity index (χ1) is 6.31. The zero-order chi connectivity index (χ0) is 9.26. The Morgan fingerprint density at radius 1 is 1.38 bits per heavy atom. The normalized spacial score (nSPS) is 15.6. The highest BCUT2D eigenvalue weighted by molar-refractivity contribution is 7.99. The topological polar surface area (TPSA) is 17.1 Å². The van der Waals surface area contributed by atoms with Gasteiger partial charge in [0.1, 0.15) is 0 Å². The molecule has 0 fully saturated rings. The predicted octanol–water partition coefficient (Wildman–Crippen LogP) is 2.68. The number of hydrogen-bond acceptors (Lipinski definition) is 2. The molecular formula is C11H12OS. The number of rotatable bonds is 1. The minimum absolute atomic E-state index is 0.293. The average Bonchev–Trinajstić information content (AvgIpc) is 2.18. The van der Waals surface area contributed by atoms with Gasteiger partial charge in [-0.3, -0.25) is 4.79 Å². The molecule has 0 atom stereocenters. The van der Waals surface area contributed by atoms with Crippen LogP contribution < -0.4 is 0 Å². The molecule has 0 aliphatic carbocycles. The third kappa shape index (κ3) is 1.63. The molecular weight excluding hydrogens is 180 g/mol. The molecule has 0 amide bonds. The van der Waals surface area contributed by atoms with Crippen LogP contribution in [0, 0.1) is 0 Å². The third-order valence-electron chi connectivity index (χ3n) is 2.37. The second kappa shape index (κ2) is 3.54. The molecule has 2 heteroatoms. The summed E-state index contributed by atoms with van der Waals surface area (Å²) >= 11 is 1.71. The van der Waals surface area contributed by atoms with Gasteiger partial charge in [-0.15, -0.1) is 11.8 Å². The maximum Gasteiger partial charge on any atom is 0.173 e. The van der Waals surface area contributed by atoms with Crippen LogP contribution in [0.15, 0.2) is 18.2 Å². The fraction of sp³-hybridized carbons (Fsp3) is 0.364. The molecule has 13 heavy (non-hydrogen) atoms. The Labute approximate surface area is 82.5 Å². The van der Waals surface area contributed by atoms with E-state index >= 15 is 0 Å². The van der Waals surface area contributed by atoms with Gasteiger partial charge in [0.25, 0.3) is 0 Å². The molecule has 1 nitrogen and oxygen atoms in total. The van der Waals surface area contributed by atoms with Gasteiger partial charge in [0, 0.05) is 11.3 Å². The molecule has 0 bridgehead atoms. The van der Waals surface area contributed by atoms with Gasteiger partial charge in [-0.2, -0.15) is 0 Å². The number of hydrogen-bond donors (Lipinski definition) is 0. The number of ketones is 1.